The van der Waals surface area contributed by atoms with E-state index in [1.54, 1.807) is 14.2 Å². The number of ether oxygens (including phenoxy) is 2. The van der Waals surface area contributed by atoms with Crippen LogP contribution in [0.3, 0.4) is 0 Å². The fourth-order valence-corrected chi connectivity index (χ4v) is 11.5. The van der Waals surface area contributed by atoms with Gasteiger partial charge in [0, 0.05) is 26.5 Å². The van der Waals surface area contributed by atoms with Crippen LogP contribution in [0.5, 0.6) is 11.5 Å². The molecule has 0 unspecified atom stereocenters. The highest BCUT2D eigenvalue weighted by Crippen LogP contribution is 2.45. The summed E-state index contributed by atoms with van der Waals surface area (Å²) in [4.78, 5) is 2.96. The Morgan fingerprint density at radius 2 is 0.519 bits per heavy atom. The molecule has 4 heteroatoms. The highest BCUT2D eigenvalue weighted by Gasteiger charge is 2.32. The van der Waals surface area contributed by atoms with Crippen molar-refractivity contribution >= 4 is 23.5 Å². The van der Waals surface area contributed by atoms with Gasteiger partial charge in [-0.15, -0.1) is 23.5 Å². The van der Waals surface area contributed by atoms with Gasteiger partial charge in [0.05, 0.1) is 14.2 Å². The zero-order valence-electron chi connectivity index (χ0n) is 56.6. The third kappa shape index (κ3) is 24.6. The van der Waals surface area contributed by atoms with E-state index < -0.39 is 0 Å². The molecule has 0 bridgehead atoms. The summed E-state index contributed by atoms with van der Waals surface area (Å²) >= 11 is 3.79. The maximum Gasteiger partial charge on any atom is 0.126 e. The molecule has 0 N–H and O–H groups in total. The molecule has 0 spiro atoms. The molecule has 81 heavy (non-hydrogen) atoms. The Bertz CT molecular complexity index is 2230. The van der Waals surface area contributed by atoms with E-state index in [0.29, 0.717) is 23.7 Å². The quantitative estimate of drug-likeness (QED) is 0.164. The standard InChI is InChI=1S/C19H32O.C19H32S.C17H28O.C17H28S.5CH4/c2*1-17(2,3)13-11-14(18(4,5)6)16(20-10)15(12-13)19(7,8)9;2*1-11(2)13-9-14(12(3)4)16(18-8)15(10-13)17(5,6)7;;;;;/h2*11-12H,1-10H3;2*9-12H,1-8H3;5*1H4. The van der Waals surface area contributed by atoms with Crippen LogP contribution >= 0.6 is 23.5 Å². The predicted octanol–water partition coefficient (Wildman–Crippen LogP) is 26.3. The zero-order chi connectivity index (χ0) is 60.0. The van der Waals surface area contributed by atoms with Gasteiger partial charge in [-0.05, 0) is 130 Å². The molecule has 0 heterocycles. The molecule has 0 amide bonds. The average molecular weight is 1160 g/mol. The largest absolute Gasteiger partial charge is 0.496 e. The molecule has 0 radical (unpaired) electrons. The van der Waals surface area contributed by atoms with Crippen LogP contribution in [0, 0.1) is 0 Å². The van der Waals surface area contributed by atoms with E-state index >= 15 is 0 Å². The third-order valence-corrected chi connectivity index (χ3v) is 16.1. The zero-order valence-corrected chi connectivity index (χ0v) is 58.2. The Hall–Kier alpha value is -2.82. The van der Waals surface area contributed by atoms with Crippen molar-refractivity contribution in [3.63, 3.8) is 0 Å². The van der Waals surface area contributed by atoms with Crippen LogP contribution in [0.4, 0.5) is 0 Å². The van der Waals surface area contributed by atoms with E-state index in [-0.39, 0.29) is 80.5 Å². The lowest BCUT2D eigenvalue weighted by Crippen LogP contribution is -2.22. The normalized spacial score (nSPS) is 12.2. The number of benzene rings is 4. The van der Waals surface area contributed by atoms with E-state index in [0.717, 1.165) is 11.5 Å². The molecule has 0 aliphatic rings. The van der Waals surface area contributed by atoms with Gasteiger partial charge < -0.3 is 9.47 Å². The minimum atomic E-state index is 0. The van der Waals surface area contributed by atoms with Gasteiger partial charge in [-0.1, -0.05) is 307 Å². The summed E-state index contributed by atoms with van der Waals surface area (Å²) in [5.74, 6) is 4.35. The molecule has 0 saturated carbocycles. The van der Waals surface area contributed by atoms with Gasteiger partial charge in [0.1, 0.15) is 11.5 Å². The van der Waals surface area contributed by atoms with E-state index in [1.165, 1.54) is 76.6 Å². The van der Waals surface area contributed by atoms with Crippen molar-refractivity contribution in [2.75, 3.05) is 26.7 Å². The minimum absolute atomic E-state index is 0. The summed E-state index contributed by atoms with van der Waals surface area (Å²) in [5.41, 5.74) is 18.1. The summed E-state index contributed by atoms with van der Waals surface area (Å²) in [6, 6.07) is 19.0. The van der Waals surface area contributed by atoms with Gasteiger partial charge in [0.2, 0.25) is 0 Å². The molecule has 0 saturated heterocycles. The van der Waals surface area contributed by atoms with E-state index in [4.69, 9.17) is 9.47 Å². The molecular formula is C77H140O2S2. The topological polar surface area (TPSA) is 18.5 Å². The smallest absolute Gasteiger partial charge is 0.126 e. The van der Waals surface area contributed by atoms with Crippen molar-refractivity contribution in [3.8, 4) is 11.5 Å². The monoisotopic (exact) mass is 1160 g/mol. The van der Waals surface area contributed by atoms with Crippen molar-refractivity contribution in [1.29, 1.82) is 0 Å². The predicted molar refractivity (Wildman–Crippen MR) is 382 cm³/mol. The lowest BCUT2D eigenvalue weighted by Gasteiger charge is -2.33. The molecule has 472 valence electrons. The number of thioether (sulfide) groups is 2. The summed E-state index contributed by atoms with van der Waals surface area (Å²) in [7, 11) is 3.57. The maximum absolute atomic E-state index is 5.80. The van der Waals surface area contributed by atoms with Crippen LogP contribution in [0.15, 0.2) is 58.3 Å². The fourth-order valence-electron chi connectivity index (χ4n) is 9.24. The third-order valence-electron chi connectivity index (χ3n) is 14.4. The second-order valence-corrected chi connectivity index (χ2v) is 32.8. The SMILES string of the molecule is C.C.C.C.C.COc1c(C(C)(C)C)cc(C(C)(C)C)cc1C(C)(C)C.COc1c(C(C)C)cc(C(C)C)cc1C(C)(C)C.CSc1c(C(C)(C)C)cc(C(C)(C)C)cc1C(C)(C)C.CSc1c(C(C)C)cc(C(C)C)cc1C(C)(C)C. The van der Waals surface area contributed by atoms with Crippen molar-refractivity contribution < 1.29 is 9.47 Å². The van der Waals surface area contributed by atoms with Crippen LogP contribution in [0.25, 0.3) is 0 Å². The van der Waals surface area contributed by atoms with Crippen LogP contribution in [0.1, 0.15) is 349 Å². The Morgan fingerprint density at radius 1 is 0.284 bits per heavy atom. The van der Waals surface area contributed by atoms with Gasteiger partial charge in [-0.2, -0.15) is 0 Å². The lowest BCUT2D eigenvalue weighted by molar-refractivity contribution is 0.380. The first kappa shape index (κ1) is 87.0. The van der Waals surface area contributed by atoms with Gasteiger partial charge in [-0.3, -0.25) is 0 Å². The molecule has 0 aliphatic heterocycles. The Balaban J connectivity index is -0.000000311. The Labute approximate surface area is 518 Å². The fraction of sp³-hybridized carbons (Fsp3) is 0.688. The van der Waals surface area contributed by atoms with Gasteiger partial charge >= 0.3 is 0 Å². The van der Waals surface area contributed by atoms with Crippen LogP contribution in [-0.4, -0.2) is 26.7 Å². The molecule has 4 aromatic carbocycles. The summed E-state index contributed by atoms with van der Waals surface area (Å²) in [6.07, 6.45) is 4.40. The number of hydrogen-bond donors (Lipinski definition) is 0. The van der Waals surface area contributed by atoms with Crippen molar-refractivity contribution in [1.82, 2.24) is 0 Å². The molecule has 0 fully saturated rings. The summed E-state index contributed by atoms with van der Waals surface area (Å²) < 4.78 is 11.5. The van der Waals surface area contributed by atoms with Crippen LogP contribution in [0.2, 0.25) is 0 Å². The van der Waals surface area contributed by atoms with Crippen molar-refractivity contribution in [3.05, 3.63) is 115 Å². The van der Waals surface area contributed by atoms with Gasteiger partial charge in [-0.25, -0.2) is 0 Å². The first-order valence-corrected chi connectivity index (χ1v) is 31.3. The molecule has 4 aromatic rings. The highest BCUT2D eigenvalue weighted by molar-refractivity contribution is 7.99. The Kier molecular flexibility index (Phi) is 35.0. The van der Waals surface area contributed by atoms with Crippen molar-refractivity contribution in [2.24, 2.45) is 0 Å². The van der Waals surface area contributed by atoms with Crippen molar-refractivity contribution in [2.45, 2.75) is 335 Å². The molecule has 2 nitrogen and oxygen atoms in total. The minimum Gasteiger partial charge on any atom is -0.496 e. The first-order chi connectivity index (χ1) is 33.9. The number of methoxy groups -OCH3 is 2. The van der Waals surface area contributed by atoms with E-state index in [1.807, 2.05) is 23.5 Å². The van der Waals surface area contributed by atoms with Gasteiger partial charge in [0.15, 0.2) is 0 Å². The molecule has 0 aliphatic carbocycles. The summed E-state index contributed by atoms with van der Waals surface area (Å²) in [5, 5.41) is 0. The molecule has 0 aromatic heterocycles. The second-order valence-electron chi connectivity index (χ2n) is 31.2. The van der Waals surface area contributed by atoms with Crippen LogP contribution in [-0.2, 0) is 43.3 Å². The Morgan fingerprint density at radius 3 is 0.741 bits per heavy atom. The van der Waals surface area contributed by atoms with Gasteiger partial charge in [0.25, 0.3) is 0 Å². The number of hydrogen-bond acceptors (Lipinski definition) is 4. The van der Waals surface area contributed by atoms with Crippen LogP contribution < -0.4 is 9.47 Å². The summed E-state index contributed by atoms with van der Waals surface area (Å²) in [6.45, 7) is 73.0. The van der Waals surface area contributed by atoms with E-state index in [9.17, 15) is 0 Å². The molecule has 0 atom stereocenters. The first-order valence-electron chi connectivity index (χ1n) is 28.8. The average Bonchev–Trinajstić information content (AvgIpc) is 3.25. The van der Waals surface area contributed by atoms with E-state index in [2.05, 4.69) is 283 Å². The molecule has 4 rings (SSSR count). The highest BCUT2D eigenvalue weighted by atomic mass is 32.2. The maximum atomic E-state index is 5.80. The lowest BCUT2D eigenvalue weighted by atomic mass is 9.75. The molecular weight excluding hydrogens is 1020 g/mol. The number of rotatable bonds is 8. The second kappa shape index (κ2) is 32.6.